The van der Waals surface area contributed by atoms with E-state index < -0.39 is 6.17 Å². The van der Waals surface area contributed by atoms with E-state index in [0.717, 1.165) is 0 Å². The fourth-order valence-corrected chi connectivity index (χ4v) is 0.0231. The van der Waals surface area contributed by atoms with Crippen LogP contribution in [0.25, 0.3) is 9.95 Å². The summed E-state index contributed by atoms with van der Waals surface area (Å²) in [5.41, 5.74) is 0. The first-order valence-corrected chi connectivity index (χ1v) is 1.49. The van der Waals surface area contributed by atoms with Gasteiger partial charge in [0.05, 0.1) is 0 Å². The molecule has 0 amide bonds. The molecule has 0 aliphatic heterocycles. The first-order chi connectivity index (χ1) is 2.81. The van der Waals surface area contributed by atoms with Crippen molar-refractivity contribution in [3.8, 4) is 0 Å². The lowest BCUT2D eigenvalue weighted by Gasteiger charge is -1.42. The highest BCUT2D eigenvalue weighted by Gasteiger charge is 2.21. The van der Waals surface area contributed by atoms with E-state index >= 15 is 0 Å². The lowest BCUT2D eigenvalue weighted by molar-refractivity contribution is 1.01. The zero-order valence-electron chi connectivity index (χ0n) is 3.37. The van der Waals surface area contributed by atoms with Crippen LogP contribution < -0.4 is 0 Å². The molecule has 0 saturated carbocycles. The van der Waals surface area contributed by atoms with Gasteiger partial charge in [0.25, 0.3) is 0 Å². The quantitative estimate of drug-likeness (QED) is 0.411. The van der Waals surface area contributed by atoms with E-state index in [0.29, 0.717) is 0 Å². The van der Waals surface area contributed by atoms with E-state index in [2.05, 4.69) is 9.95 Å². The molecule has 0 unspecified atom stereocenters. The van der Waals surface area contributed by atoms with Crippen molar-refractivity contribution in [2.45, 2.75) is 13.1 Å². The van der Waals surface area contributed by atoms with E-state index in [9.17, 15) is 0 Å². The monoisotopic (exact) mass is 84.0 g/mol. The van der Waals surface area contributed by atoms with Crippen LogP contribution in [0.4, 0.5) is 0 Å². The Labute approximate surface area is 35.0 Å². The fourth-order valence-electron chi connectivity index (χ4n) is 0.0231. The molecule has 0 bridgehead atoms. The van der Waals surface area contributed by atoms with Crippen LogP contribution in [-0.4, -0.2) is 6.17 Å². The Bertz CT molecular complexity index is 89.7. The van der Waals surface area contributed by atoms with E-state index in [1.807, 2.05) is 0 Å². The van der Waals surface area contributed by atoms with Gasteiger partial charge >= 0.3 is 6.17 Å². The van der Waals surface area contributed by atoms with E-state index in [1.54, 1.807) is 0 Å². The molecule has 0 aliphatic carbocycles. The van der Waals surface area contributed by atoms with Gasteiger partial charge in [0.15, 0.2) is 0 Å². The zero-order chi connectivity index (χ0) is 4.99. The van der Waals surface area contributed by atoms with Crippen molar-refractivity contribution in [1.82, 2.24) is 0 Å². The molecule has 0 aromatic heterocycles. The predicted molar refractivity (Wildman–Crippen MR) is 19.6 cm³/mol. The molecule has 0 N–H and O–H groups in total. The maximum atomic E-state index is 7.71. The summed E-state index contributed by atoms with van der Waals surface area (Å²) in [6.07, 6.45) is -0.704. The summed E-state index contributed by atoms with van der Waals surface area (Å²) < 4.78 is 0. The minimum Gasteiger partial charge on any atom is 0.108 e. The second kappa shape index (κ2) is 2.10. The summed E-state index contributed by atoms with van der Waals surface area (Å²) >= 11 is 0. The summed E-state index contributed by atoms with van der Waals surface area (Å²) in [6.45, 7) is 1.44. The predicted octanol–water partition coefficient (Wildman–Crippen LogP) is 1.04. The van der Waals surface area contributed by atoms with Crippen molar-refractivity contribution in [2.24, 2.45) is 0 Å². The molecule has 0 atom stereocenters. The number of hydrogen-bond acceptors (Lipinski definition) is 2. The van der Waals surface area contributed by atoms with Crippen LogP contribution in [0.5, 0.6) is 0 Å². The molecule has 0 rings (SSSR count). The zero-order valence-corrected chi connectivity index (χ0v) is 3.37. The van der Waals surface area contributed by atoms with Crippen LogP contribution in [0.15, 0.2) is 0 Å². The summed E-state index contributed by atoms with van der Waals surface area (Å²) in [4.78, 5) is 5.18. The molecule has 0 heterocycles. The topological polar surface area (TPSA) is 56.3 Å². The third-order valence-corrected chi connectivity index (χ3v) is 0.334. The maximum absolute atomic E-state index is 7.71. The minimum absolute atomic E-state index is 0.704. The summed E-state index contributed by atoms with van der Waals surface area (Å²) in [6, 6.07) is 0. The van der Waals surface area contributed by atoms with Crippen molar-refractivity contribution in [3.05, 3.63) is 9.95 Å². The molecule has 0 radical (unpaired) electrons. The van der Waals surface area contributed by atoms with E-state index in [1.165, 1.54) is 6.92 Å². The molecule has 0 saturated heterocycles. The van der Waals surface area contributed by atoms with E-state index in [4.69, 9.17) is 10.8 Å². The Morgan fingerprint density at radius 3 is 1.67 bits per heavy atom. The van der Waals surface area contributed by atoms with Crippen LogP contribution in [0, 0.1) is 10.8 Å². The maximum Gasteiger partial charge on any atom is 0.629 e. The van der Waals surface area contributed by atoms with Gasteiger partial charge < -0.3 is 0 Å². The fraction of sp³-hybridized carbons (Fsp3) is 1.00. The van der Waals surface area contributed by atoms with Gasteiger partial charge in [0.1, 0.15) is 6.92 Å². The van der Waals surface area contributed by atoms with E-state index in [-0.39, 0.29) is 0 Å². The van der Waals surface area contributed by atoms with Gasteiger partial charge in [-0.2, -0.15) is 0 Å². The third kappa shape index (κ3) is 1.19. The smallest absolute Gasteiger partial charge is 0.108 e. The highest BCUT2D eigenvalue weighted by atomic mass is 15.1. The Balaban J connectivity index is 3.40. The van der Waals surface area contributed by atoms with Gasteiger partial charge in [-0.1, -0.05) is 0 Å². The van der Waals surface area contributed by atoms with Gasteiger partial charge in [-0.05, 0) is 0 Å². The normalized spacial score (nSPS) is 6.67. The van der Waals surface area contributed by atoms with Crippen molar-refractivity contribution in [2.75, 3.05) is 0 Å². The lowest BCUT2D eigenvalue weighted by atomic mass is 10.7. The SMILES string of the molecule is CC([N+]#N)[N+]#N. The Morgan fingerprint density at radius 2 is 1.67 bits per heavy atom. The second-order valence-electron chi connectivity index (χ2n) is 0.863. The number of rotatable bonds is 0. The van der Waals surface area contributed by atoms with Crippen LogP contribution in [0.3, 0.4) is 0 Å². The second-order valence-corrected chi connectivity index (χ2v) is 0.863. The molecule has 0 aromatic carbocycles. The van der Waals surface area contributed by atoms with Crippen molar-refractivity contribution < 1.29 is 0 Å². The van der Waals surface area contributed by atoms with Gasteiger partial charge in [-0.25, -0.2) is 0 Å². The Morgan fingerprint density at radius 1 is 1.33 bits per heavy atom. The summed E-state index contributed by atoms with van der Waals surface area (Å²) in [5.74, 6) is 0. The average Bonchev–Trinajstić information content (AvgIpc) is 1.65. The Kier molecular flexibility index (Phi) is 1.69. The average molecular weight is 84.1 g/mol. The highest BCUT2D eigenvalue weighted by molar-refractivity contribution is 4.75. The first-order valence-electron chi connectivity index (χ1n) is 1.49. The molecule has 4 heteroatoms. The van der Waals surface area contributed by atoms with Crippen molar-refractivity contribution in [1.29, 1.82) is 10.8 Å². The summed E-state index contributed by atoms with van der Waals surface area (Å²) in [7, 11) is 0. The van der Waals surface area contributed by atoms with Gasteiger partial charge in [0, 0.05) is 0 Å². The number of nitrogens with zero attached hydrogens (tertiary/aromatic N) is 4. The Hall–Kier alpha value is -1.16. The van der Waals surface area contributed by atoms with Crippen LogP contribution in [-0.2, 0) is 0 Å². The molecule has 0 aliphatic rings. The number of diazo groups is 2. The van der Waals surface area contributed by atoms with Gasteiger partial charge in [0.2, 0.25) is 20.7 Å². The van der Waals surface area contributed by atoms with Crippen molar-refractivity contribution >= 4 is 0 Å². The van der Waals surface area contributed by atoms with Crippen LogP contribution in [0.1, 0.15) is 6.92 Å². The standard InChI is InChI=1S/C2H4N4/c1-2(5-3)6-4/h2H,1H3/q+2. The minimum atomic E-state index is -0.704. The molecule has 4 nitrogen and oxygen atoms in total. The van der Waals surface area contributed by atoms with Gasteiger partial charge in [-0.15, -0.1) is 0 Å². The molecule has 0 fully saturated rings. The third-order valence-electron chi connectivity index (χ3n) is 0.334. The first kappa shape index (κ1) is 4.84. The van der Waals surface area contributed by atoms with Crippen LogP contribution >= 0.6 is 0 Å². The molecular weight excluding hydrogens is 80.0 g/mol. The molecule has 6 heavy (non-hydrogen) atoms. The summed E-state index contributed by atoms with van der Waals surface area (Å²) in [5, 5.41) is 15.4. The molecule has 0 aromatic rings. The number of hydrogen-bond donors (Lipinski definition) is 0. The highest BCUT2D eigenvalue weighted by Crippen LogP contribution is 1.84. The van der Waals surface area contributed by atoms with Crippen LogP contribution in [0.2, 0.25) is 0 Å². The molecular formula is C2H4N4+2. The largest absolute Gasteiger partial charge is 0.629 e. The van der Waals surface area contributed by atoms with Gasteiger partial charge in [-0.3, -0.25) is 0 Å². The van der Waals surface area contributed by atoms with Crippen molar-refractivity contribution in [3.63, 3.8) is 0 Å². The molecule has 0 spiro atoms. The lowest BCUT2D eigenvalue weighted by Crippen LogP contribution is -1.78. The molecule has 30 valence electrons.